The lowest BCUT2D eigenvalue weighted by Crippen LogP contribution is -2.39. The number of anilines is 1. The van der Waals surface area contributed by atoms with Gasteiger partial charge in [0.05, 0.1) is 5.92 Å². The molecule has 1 atom stereocenters. The van der Waals surface area contributed by atoms with Crippen LogP contribution in [0, 0.1) is 11.8 Å². The number of ketones is 1. The first kappa shape index (κ1) is 24.8. The molecule has 0 aliphatic carbocycles. The van der Waals surface area contributed by atoms with Gasteiger partial charge in [-0.3, -0.25) is 9.69 Å². The molecule has 4 rings (SSSR count). The van der Waals surface area contributed by atoms with E-state index in [0.717, 1.165) is 44.6 Å². The lowest BCUT2D eigenvalue weighted by Gasteiger charge is -2.35. The number of alkyl halides is 3. The van der Waals surface area contributed by atoms with E-state index in [4.69, 9.17) is 0 Å². The highest BCUT2D eigenvalue weighted by Gasteiger charge is 2.41. The third-order valence-corrected chi connectivity index (χ3v) is 7.32. The van der Waals surface area contributed by atoms with Crippen LogP contribution >= 0.6 is 0 Å². The summed E-state index contributed by atoms with van der Waals surface area (Å²) in [5.41, 5.74) is 3.43. The van der Waals surface area contributed by atoms with Crippen LogP contribution in [-0.4, -0.2) is 43.0 Å². The number of carbonyl (C=O) groups excluding carboxylic acids is 1. The summed E-state index contributed by atoms with van der Waals surface area (Å²) in [6.07, 6.45) is 0.585. The van der Waals surface area contributed by atoms with Gasteiger partial charge in [0.2, 0.25) is 0 Å². The highest BCUT2D eigenvalue weighted by Crippen LogP contribution is 2.35. The van der Waals surface area contributed by atoms with Gasteiger partial charge in [-0.15, -0.1) is 0 Å². The van der Waals surface area contributed by atoms with Gasteiger partial charge in [-0.25, -0.2) is 0 Å². The third kappa shape index (κ3) is 7.08. The summed E-state index contributed by atoms with van der Waals surface area (Å²) >= 11 is 0. The maximum absolute atomic E-state index is 12.9. The topological polar surface area (TPSA) is 23.6 Å². The predicted molar refractivity (Wildman–Crippen MR) is 130 cm³/mol. The van der Waals surface area contributed by atoms with E-state index in [-0.39, 0.29) is 12.8 Å². The van der Waals surface area contributed by atoms with Gasteiger partial charge in [-0.1, -0.05) is 42.5 Å². The van der Waals surface area contributed by atoms with Crippen LogP contribution in [0.2, 0.25) is 0 Å². The number of carbonyl (C=O) groups is 1. The summed E-state index contributed by atoms with van der Waals surface area (Å²) in [5, 5.41) is 0. The van der Waals surface area contributed by atoms with Gasteiger partial charge in [-0.2, -0.15) is 13.2 Å². The van der Waals surface area contributed by atoms with Crippen molar-refractivity contribution >= 4 is 11.5 Å². The molecular formula is C28H35F3N2O. The maximum atomic E-state index is 12.9. The Morgan fingerprint density at radius 3 is 2.26 bits per heavy atom. The minimum atomic E-state index is -4.07. The number of benzene rings is 2. The Kier molecular flexibility index (Phi) is 8.30. The Morgan fingerprint density at radius 2 is 1.59 bits per heavy atom. The zero-order chi connectivity index (χ0) is 24.0. The summed E-state index contributed by atoms with van der Waals surface area (Å²) in [6, 6.07) is 18.4. The molecule has 0 saturated carbocycles. The average Bonchev–Trinajstić information content (AvgIpc) is 2.84. The molecule has 0 amide bonds. The van der Waals surface area contributed by atoms with Crippen molar-refractivity contribution in [3.05, 3.63) is 65.7 Å². The molecule has 184 valence electrons. The van der Waals surface area contributed by atoms with Gasteiger partial charge in [0.1, 0.15) is 5.78 Å². The summed E-state index contributed by atoms with van der Waals surface area (Å²) in [7, 11) is 0. The minimum absolute atomic E-state index is 0.171. The van der Waals surface area contributed by atoms with E-state index in [9.17, 15) is 18.0 Å². The Morgan fingerprint density at radius 1 is 0.882 bits per heavy atom. The lowest BCUT2D eigenvalue weighted by molar-refractivity contribution is -0.179. The summed E-state index contributed by atoms with van der Waals surface area (Å²) in [4.78, 5) is 17.0. The SMILES string of the molecule is O=C(CCc1ccccc1)CC1CCCN(Cc2ccc(N3CCC(C(F)(F)F)CC3)cc2)C1. The van der Waals surface area contributed by atoms with E-state index in [1.165, 1.54) is 11.1 Å². The van der Waals surface area contributed by atoms with Crippen molar-refractivity contribution < 1.29 is 18.0 Å². The average molecular weight is 473 g/mol. The summed E-state index contributed by atoms with van der Waals surface area (Å²) in [6.45, 7) is 3.75. The predicted octanol–water partition coefficient (Wildman–Crippen LogP) is 6.27. The molecule has 3 nitrogen and oxygen atoms in total. The van der Waals surface area contributed by atoms with E-state index in [0.29, 0.717) is 37.6 Å². The van der Waals surface area contributed by atoms with E-state index in [1.807, 2.05) is 30.3 Å². The number of halogens is 3. The molecule has 2 aliphatic heterocycles. The molecule has 0 aromatic heterocycles. The number of piperidine rings is 2. The van der Waals surface area contributed by atoms with Crippen LogP contribution < -0.4 is 4.90 Å². The summed E-state index contributed by atoms with van der Waals surface area (Å²) in [5.74, 6) is -0.388. The monoisotopic (exact) mass is 472 g/mol. The molecular weight excluding hydrogens is 437 g/mol. The van der Waals surface area contributed by atoms with E-state index < -0.39 is 12.1 Å². The largest absolute Gasteiger partial charge is 0.391 e. The fourth-order valence-electron chi connectivity index (χ4n) is 5.35. The van der Waals surface area contributed by atoms with Gasteiger partial charge in [0.25, 0.3) is 0 Å². The quantitative estimate of drug-likeness (QED) is 0.452. The van der Waals surface area contributed by atoms with Crippen molar-refractivity contribution in [3.63, 3.8) is 0 Å². The molecule has 0 N–H and O–H groups in total. The molecule has 0 spiro atoms. The van der Waals surface area contributed by atoms with Gasteiger partial charge in [0.15, 0.2) is 0 Å². The maximum Gasteiger partial charge on any atom is 0.391 e. The molecule has 34 heavy (non-hydrogen) atoms. The van der Waals surface area contributed by atoms with Crippen LogP contribution in [0.1, 0.15) is 49.7 Å². The first-order chi connectivity index (χ1) is 16.4. The van der Waals surface area contributed by atoms with Crippen LogP contribution in [0.25, 0.3) is 0 Å². The number of hydrogen-bond acceptors (Lipinski definition) is 3. The zero-order valence-electron chi connectivity index (χ0n) is 19.8. The van der Waals surface area contributed by atoms with Gasteiger partial charge in [0, 0.05) is 44.7 Å². The van der Waals surface area contributed by atoms with Crippen LogP contribution in [0.3, 0.4) is 0 Å². The second kappa shape index (κ2) is 11.4. The molecule has 0 bridgehead atoms. The Labute approximate surface area is 200 Å². The van der Waals surface area contributed by atoms with Crippen molar-refractivity contribution in [1.82, 2.24) is 4.90 Å². The molecule has 0 radical (unpaired) electrons. The van der Waals surface area contributed by atoms with Crippen molar-refractivity contribution in [2.24, 2.45) is 11.8 Å². The number of likely N-dealkylation sites (tertiary alicyclic amines) is 1. The molecule has 2 heterocycles. The molecule has 2 fully saturated rings. The summed E-state index contributed by atoms with van der Waals surface area (Å²) < 4.78 is 38.7. The van der Waals surface area contributed by atoms with Crippen molar-refractivity contribution in [3.8, 4) is 0 Å². The van der Waals surface area contributed by atoms with Crippen LogP contribution in [-0.2, 0) is 17.8 Å². The van der Waals surface area contributed by atoms with Crippen molar-refractivity contribution in [2.75, 3.05) is 31.1 Å². The molecule has 2 aliphatic rings. The highest BCUT2D eigenvalue weighted by molar-refractivity contribution is 5.78. The second-order valence-corrected chi connectivity index (χ2v) is 9.94. The number of hydrogen-bond donors (Lipinski definition) is 0. The van der Waals surface area contributed by atoms with Crippen LogP contribution in [0.15, 0.2) is 54.6 Å². The second-order valence-electron chi connectivity index (χ2n) is 9.94. The fraction of sp³-hybridized carbons (Fsp3) is 0.536. The molecule has 2 aromatic rings. The highest BCUT2D eigenvalue weighted by atomic mass is 19.4. The third-order valence-electron chi connectivity index (χ3n) is 7.32. The van der Waals surface area contributed by atoms with Gasteiger partial charge < -0.3 is 4.90 Å². The Balaban J connectivity index is 1.22. The number of Topliss-reactive ketones (excluding diaryl/α,β-unsaturated/α-hetero) is 1. The van der Waals surface area contributed by atoms with E-state index >= 15 is 0 Å². The zero-order valence-corrected chi connectivity index (χ0v) is 19.8. The first-order valence-corrected chi connectivity index (χ1v) is 12.6. The molecule has 2 aromatic carbocycles. The number of aryl methyl sites for hydroxylation is 1. The molecule has 2 saturated heterocycles. The Bertz CT molecular complexity index is 905. The normalized spacial score (nSPS) is 20.4. The number of rotatable bonds is 8. The minimum Gasteiger partial charge on any atom is -0.372 e. The van der Waals surface area contributed by atoms with Gasteiger partial charge >= 0.3 is 6.18 Å². The fourth-order valence-corrected chi connectivity index (χ4v) is 5.35. The standard InChI is InChI=1S/C28H35F3N2O/c29-28(30,31)25-14-17-33(18-15-25)26-11-8-23(9-12-26)20-32-16-4-7-24(21-32)19-27(34)13-10-22-5-2-1-3-6-22/h1-3,5-6,8-9,11-12,24-25H,4,7,10,13-21H2. The van der Waals surface area contributed by atoms with Crippen LogP contribution in [0.4, 0.5) is 18.9 Å². The van der Waals surface area contributed by atoms with Crippen LogP contribution in [0.5, 0.6) is 0 Å². The van der Waals surface area contributed by atoms with Gasteiger partial charge in [-0.05, 0) is 67.8 Å². The molecule has 6 heteroatoms. The van der Waals surface area contributed by atoms with E-state index in [2.05, 4.69) is 34.1 Å². The first-order valence-electron chi connectivity index (χ1n) is 12.6. The smallest absolute Gasteiger partial charge is 0.372 e. The van der Waals surface area contributed by atoms with Crippen molar-refractivity contribution in [1.29, 1.82) is 0 Å². The lowest BCUT2D eigenvalue weighted by atomic mass is 9.91. The molecule has 1 unspecified atom stereocenters. The number of nitrogens with zero attached hydrogens (tertiary/aromatic N) is 2. The van der Waals surface area contributed by atoms with E-state index in [1.54, 1.807) is 0 Å². The Hall–Kier alpha value is -2.34. The van der Waals surface area contributed by atoms with Crippen molar-refractivity contribution in [2.45, 2.75) is 57.7 Å².